The van der Waals surface area contributed by atoms with Crippen molar-refractivity contribution in [3.05, 3.63) is 29.3 Å². The summed E-state index contributed by atoms with van der Waals surface area (Å²) >= 11 is 0. The molecule has 21 heavy (non-hydrogen) atoms. The third kappa shape index (κ3) is 4.06. The topological polar surface area (TPSA) is 89.3 Å². The van der Waals surface area contributed by atoms with Crippen LogP contribution in [0.25, 0.3) is 0 Å². The van der Waals surface area contributed by atoms with E-state index in [0.717, 1.165) is 11.1 Å². The average molecular weight is 306 g/mol. The van der Waals surface area contributed by atoms with Crippen molar-refractivity contribution in [3.63, 3.8) is 0 Å². The van der Waals surface area contributed by atoms with Crippen molar-refractivity contribution in [2.24, 2.45) is 11.7 Å². The molecule has 0 aliphatic carbocycles. The lowest BCUT2D eigenvalue weighted by atomic mass is 10.1. The van der Waals surface area contributed by atoms with Gasteiger partial charge in [-0.3, -0.25) is 4.79 Å². The Morgan fingerprint density at radius 1 is 1.48 bits per heavy atom. The molecule has 0 bridgehead atoms. The smallest absolute Gasteiger partial charge is 0.228 e. The van der Waals surface area contributed by atoms with Gasteiger partial charge in [0.15, 0.2) is 9.84 Å². The van der Waals surface area contributed by atoms with Gasteiger partial charge < -0.3 is 11.1 Å². The molecule has 3 N–H and O–H groups in total. The van der Waals surface area contributed by atoms with E-state index in [4.69, 9.17) is 5.73 Å². The van der Waals surface area contributed by atoms with E-state index in [9.17, 15) is 13.2 Å². The highest BCUT2D eigenvalue weighted by Crippen LogP contribution is 2.22. The van der Waals surface area contributed by atoms with Crippen LogP contribution in [0.1, 0.15) is 17.5 Å². The maximum atomic E-state index is 12.1. The molecule has 1 fully saturated rings. The Morgan fingerprint density at radius 3 is 2.86 bits per heavy atom. The number of hydrogen-bond donors (Lipinski definition) is 2. The lowest BCUT2D eigenvalue weighted by Crippen LogP contribution is -2.24. The van der Waals surface area contributed by atoms with E-state index in [-0.39, 0.29) is 24.0 Å². The summed E-state index contributed by atoms with van der Waals surface area (Å²) in [6.45, 7) is 2.15. The number of anilines is 1. The summed E-state index contributed by atoms with van der Waals surface area (Å²) in [6.07, 6.45) is 0.389. The van der Waals surface area contributed by atoms with Crippen LogP contribution in [0.4, 0.5) is 5.69 Å². The number of sulfone groups is 1. The second-order valence-corrected chi connectivity index (χ2v) is 7.35. The van der Waals surface area contributed by atoms with E-state index in [1.807, 2.05) is 19.1 Å². The van der Waals surface area contributed by atoms with E-state index in [1.54, 1.807) is 6.07 Å². The minimum atomic E-state index is -3.06. The molecule has 1 amide bonds. The van der Waals surface area contributed by atoms with Gasteiger partial charge in [0, 0.05) is 11.3 Å². The maximum absolute atomic E-state index is 12.1. The van der Waals surface area contributed by atoms with E-state index in [2.05, 4.69) is 17.2 Å². The molecule has 1 atom stereocenters. The van der Waals surface area contributed by atoms with E-state index < -0.39 is 15.8 Å². The highest BCUT2D eigenvalue weighted by molar-refractivity contribution is 7.91. The average Bonchev–Trinajstić information content (AvgIpc) is 2.80. The summed E-state index contributed by atoms with van der Waals surface area (Å²) in [5.41, 5.74) is 7.66. The molecule has 1 aromatic rings. The zero-order valence-electron chi connectivity index (χ0n) is 11.8. The minimum Gasteiger partial charge on any atom is -0.326 e. The summed E-state index contributed by atoms with van der Waals surface area (Å²) in [4.78, 5) is 12.1. The summed E-state index contributed by atoms with van der Waals surface area (Å²) in [6, 6.07) is 5.49. The number of nitrogens with one attached hydrogen (secondary N) is 1. The highest BCUT2D eigenvalue weighted by atomic mass is 32.2. The SMILES string of the molecule is Cc1ccc(C#CCN)cc1NC(=O)C1CCS(=O)(=O)C1. The van der Waals surface area contributed by atoms with Crippen LogP contribution in [-0.4, -0.2) is 32.4 Å². The number of carbonyl (C=O) groups is 1. The van der Waals surface area contributed by atoms with Gasteiger partial charge in [-0.05, 0) is 31.0 Å². The molecule has 0 saturated carbocycles. The first-order valence-electron chi connectivity index (χ1n) is 6.72. The Kier molecular flexibility index (Phi) is 4.66. The van der Waals surface area contributed by atoms with Crippen molar-refractivity contribution >= 4 is 21.4 Å². The molecule has 0 radical (unpaired) electrons. The van der Waals surface area contributed by atoms with Gasteiger partial charge in [-0.2, -0.15) is 0 Å². The van der Waals surface area contributed by atoms with Gasteiger partial charge in [0.2, 0.25) is 5.91 Å². The summed E-state index contributed by atoms with van der Waals surface area (Å²) in [5.74, 6) is 4.97. The first-order chi connectivity index (χ1) is 9.91. The summed E-state index contributed by atoms with van der Waals surface area (Å²) < 4.78 is 22.9. The Balaban J connectivity index is 2.14. The van der Waals surface area contributed by atoms with Crippen LogP contribution in [0.15, 0.2) is 18.2 Å². The van der Waals surface area contributed by atoms with Crippen LogP contribution in [-0.2, 0) is 14.6 Å². The van der Waals surface area contributed by atoms with Gasteiger partial charge in [0.05, 0.1) is 24.0 Å². The maximum Gasteiger partial charge on any atom is 0.228 e. The molecular weight excluding hydrogens is 288 g/mol. The van der Waals surface area contributed by atoms with Crippen molar-refractivity contribution in [1.82, 2.24) is 0 Å². The third-order valence-electron chi connectivity index (χ3n) is 3.43. The predicted octanol–water partition coefficient (Wildman–Crippen LogP) is 0.678. The normalized spacial score (nSPS) is 19.6. The van der Waals surface area contributed by atoms with Gasteiger partial charge in [0.25, 0.3) is 0 Å². The molecule has 1 aliphatic rings. The highest BCUT2D eigenvalue weighted by Gasteiger charge is 2.33. The van der Waals surface area contributed by atoms with Gasteiger partial charge in [-0.25, -0.2) is 8.42 Å². The minimum absolute atomic E-state index is 0.0649. The first-order valence-corrected chi connectivity index (χ1v) is 8.54. The Bertz CT molecular complexity index is 714. The van der Waals surface area contributed by atoms with E-state index in [1.165, 1.54) is 0 Å². The van der Waals surface area contributed by atoms with Gasteiger partial charge >= 0.3 is 0 Å². The zero-order valence-corrected chi connectivity index (χ0v) is 12.7. The van der Waals surface area contributed by atoms with Crippen LogP contribution in [0.3, 0.4) is 0 Å². The number of nitrogens with two attached hydrogens (primary N) is 1. The van der Waals surface area contributed by atoms with Gasteiger partial charge in [-0.1, -0.05) is 17.9 Å². The van der Waals surface area contributed by atoms with E-state index >= 15 is 0 Å². The van der Waals surface area contributed by atoms with Crippen LogP contribution < -0.4 is 11.1 Å². The fourth-order valence-corrected chi connectivity index (χ4v) is 3.97. The van der Waals surface area contributed by atoms with E-state index in [0.29, 0.717) is 12.1 Å². The van der Waals surface area contributed by atoms with Crippen LogP contribution in [0, 0.1) is 24.7 Å². The zero-order chi connectivity index (χ0) is 15.5. The molecule has 6 heteroatoms. The molecule has 1 aliphatic heterocycles. The monoisotopic (exact) mass is 306 g/mol. The van der Waals surface area contributed by atoms with Gasteiger partial charge in [-0.15, -0.1) is 0 Å². The van der Waals surface area contributed by atoms with Crippen molar-refractivity contribution in [3.8, 4) is 11.8 Å². The molecule has 0 spiro atoms. The standard InChI is InChI=1S/C15H18N2O3S/c1-11-4-5-12(3-2-7-16)9-14(11)17-15(18)13-6-8-21(19,20)10-13/h4-5,9,13H,6-8,10,16H2,1H3,(H,17,18). The second-order valence-electron chi connectivity index (χ2n) is 5.12. The molecule has 0 aromatic heterocycles. The Labute approximate surface area is 124 Å². The lowest BCUT2D eigenvalue weighted by molar-refractivity contribution is -0.119. The Morgan fingerprint density at radius 2 is 2.24 bits per heavy atom. The number of rotatable bonds is 2. The molecule has 5 nitrogen and oxygen atoms in total. The summed E-state index contributed by atoms with van der Waals surface area (Å²) in [5, 5.41) is 2.80. The Hall–Kier alpha value is -1.84. The molecule has 1 heterocycles. The summed E-state index contributed by atoms with van der Waals surface area (Å²) in [7, 11) is -3.06. The number of carbonyl (C=O) groups excluding carboxylic acids is 1. The molecular formula is C15H18N2O3S. The quantitative estimate of drug-likeness (QED) is 0.786. The molecule has 1 unspecified atom stereocenters. The van der Waals surface area contributed by atoms with Crippen LogP contribution in [0.5, 0.6) is 0 Å². The number of hydrogen-bond acceptors (Lipinski definition) is 4. The van der Waals surface area contributed by atoms with Crippen LogP contribution >= 0.6 is 0 Å². The number of aryl methyl sites for hydroxylation is 1. The van der Waals surface area contributed by atoms with Crippen molar-refractivity contribution in [2.75, 3.05) is 23.4 Å². The lowest BCUT2D eigenvalue weighted by Gasteiger charge is -2.12. The number of amides is 1. The van der Waals surface area contributed by atoms with Gasteiger partial charge in [0.1, 0.15) is 0 Å². The first kappa shape index (κ1) is 15.5. The third-order valence-corrected chi connectivity index (χ3v) is 5.20. The largest absolute Gasteiger partial charge is 0.326 e. The second kappa shape index (κ2) is 6.29. The molecule has 2 rings (SSSR count). The predicted molar refractivity (Wildman–Crippen MR) is 82.5 cm³/mol. The van der Waals surface area contributed by atoms with Crippen LogP contribution in [0.2, 0.25) is 0 Å². The molecule has 1 aromatic carbocycles. The molecule has 112 valence electrons. The van der Waals surface area contributed by atoms with Crippen molar-refractivity contribution < 1.29 is 13.2 Å². The number of benzene rings is 1. The van der Waals surface area contributed by atoms with Crippen molar-refractivity contribution in [1.29, 1.82) is 0 Å². The fourth-order valence-electron chi connectivity index (χ4n) is 2.22. The fraction of sp³-hybridized carbons (Fsp3) is 0.400. The molecule has 1 saturated heterocycles. The van der Waals surface area contributed by atoms with Crippen molar-refractivity contribution in [2.45, 2.75) is 13.3 Å².